The Bertz CT molecular complexity index is 609. The number of nitrogens with zero attached hydrogens (tertiary/aromatic N) is 1. The highest BCUT2D eigenvalue weighted by Crippen LogP contribution is 2.21. The highest BCUT2D eigenvalue weighted by Gasteiger charge is 2.14. The first kappa shape index (κ1) is 14.2. The summed E-state index contributed by atoms with van der Waals surface area (Å²) >= 11 is 5.04. The summed E-state index contributed by atoms with van der Waals surface area (Å²) in [7, 11) is 0. The maximum absolute atomic E-state index is 12.1. The van der Waals surface area contributed by atoms with Crippen molar-refractivity contribution in [2.24, 2.45) is 0 Å². The molecule has 1 aromatic carbocycles. The predicted molar refractivity (Wildman–Crippen MR) is 81.6 cm³/mol. The van der Waals surface area contributed by atoms with Gasteiger partial charge >= 0.3 is 0 Å². The summed E-state index contributed by atoms with van der Waals surface area (Å²) in [5, 5.41) is 3.89. The SMILES string of the molecule is Cc1cnc(C(C)NC(=O)c2ccc(C)c(Br)c2)s1. The van der Waals surface area contributed by atoms with E-state index in [1.165, 1.54) is 0 Å². The zero-order chi connectivity index (χ0) is 14.0. The number of halogens is 1. The minimum absolute atomic E-state index is 0.0775. The van der Waals surface area contributed by atoms with Gasteiger partial charge in [-0.15, -0.1) is 11.3 Å². The second-order valence-electron chi connectivity index (χ2n) is 4.47. The molecule has 0 aliphatic carbocycles. The summed E-state index contributed by atoms with van der Waals surface area (Å²) in [5.41, 5.74) is 1.76. The van der Waals surface area contributed by atoms with Gasteiger partial charge in [-0.1, -0.05) is 22.0 Å². The molecule has 1 aromatic heterocycles. The zero-order valence-electron chi connectivity index (χ0n) is 11.0. The van der Waals surface area contributed by atoms with Crippen LogP contribution in [-0.4, -0.2) is 10.9 Å². The van der Waals surface area contributed by atoms with E-state index in [1.807, 2.05) is 45.2 Å². The van der Waals surface area contributed by atoms with Gasteiger partial charge in [0.1, 0.15) is 5.01 Å². The van der Waals surface area contributed by atoms with Gasteiger partial charge in [0.2, 0.25) is 0 Å². The van der Waals surface area contributed by atoms with Crippen molar-refractivity contribution >= 4 is 33.2 Å². The minimum atomic E-state index is -0.0824. The zero-order valence-corrected chi connectivity index (χ0v) is 13.4. The smallest absolute Gasteiger partial charge is 0.251 e. The molecule has 3 nitrogen and oxygen atoms in total. The molecule has 100 valence electrons. The van der Waals surface area contributed by atoms with E-state index < -0.39 is 0 Å². The first-order valence-electron chi connectivity index (χ1n) is 5.96. The highest BCUT2D eigenvalue weighted by molar-refractivity contribution is 9.10. The van der Waals surface area contributed by atoms with Crippen LogP contribution in [0.3, 0.4) is 0 Å². The van der Waals surface area contributed by atoms with Crippen molar-refractivity contribution in [1.82, 2.24) is 10.3 Å². The van der Waals surface area contributed by atoms with Gasteiger partial charge in [0.05, 0.1) is 6.04 Å². The summed E-state index contributed by atoms with van der Waals surface area (Å²) in [6, 6.07) is 5.52. The molecule has 1 unspecified atom stereocenters. The summed E-state index contributed by atoms with van der Waals surface area (Å²) in [4.78, 5) is 17.6. The number of aromatic nitrogens is 1. The topological polar surface area (TPSA) is 42.0 Å². The van der Waals surface area contributed by atoms with E-state index in [-0.39, 0.29) is 11.9 Å². The molecule has 1 heterocycles. The van der Waals surface area contributed by atoms with Gasteiger partial charge in [0.15, 0.2) is 0 Å². The summed E-state index contributed by atoms with van der Waals surface area (Å²) < 4.78 is 0.942. The lowest BCUT2D eigenvalue weighted by Crippen LogP contribution is -2.26. The molecular weight excluding hydrogens is 324 g/mol. The molecule has 1 amide bonds. The fourth-order valence-corrected chi connectivity index (χ4v) is 2.80. The first-order chi connectivity index (χ1) is 8.97. The molecule has 0 saturated heterocycles. The van der Waals surface area contributed by atoms with Crippen LogP contribution in [0.5, 0.6) is 0 Å². The number of hydrogen-bond donors (Lipinski definition) is 1. The lowest BCUT2D eigenvalue weighted by Gasteiger charge is -2.11. The molecule has 0 bridgehead atoms. The van der Waals surface area contributed by atoms with Crippen molar-refractivity contribution in [3.05, 3.63) is 49.9 Å². The van der Waals surface area contributed by atoms with Gasteiger partial charge in [-0.05, 0) is 38.5 Å². The van der Waals surface area contributed by atoms with Gasteiger partial charge in [0, 0.05) is 21.1 Å². The van der Waals surface area contributed by atoms with E-state index >= 15 is 0 Å². The van der Waals surface area contributed by atoms with E-state index in [4.69, 9.17) is 0 Å². The fraction of sp³-hybridized carbons (Fsp3) is 0.286. The molecule has 0 aliphatic heterocycles. The van der Waals surface area contributed by atoms with Crippen LogP contribution in [0.4, 0.5) is 0 Å². The average molecular weight is 339 g/mol. The van der Waals surface area contributed by atoms with Gasteiger partial charge in [-0.25, -0.2) is 4.98 Å². The standard InChI is InChI=1S/C14H15BrN2OS/c1-8-4-5-11(6-12(8)15)13(18)17-10(3)14-16-7-9(2)19-14/h4-7,10H,1-3H3,(H,17,18). The molecule has 19 heavy (non-hydrogen) atoms. The maximum atomic E-state index is 12.1. The van der Waals surface area contributed by atoms with Crippen LogP contribution in [0.25, 0.3) is 0 Å². The third-order valence-electron chi connectivity index (χ3n) is 2.79. The molecule has 0 saturated carbocycles. The number of thiazole rings is 1. The molecule has 5 heteroatoms. The molecule has 0 radical (unpaired) electrons. The third kappa shape index (κ3) is 3.42. The van der Waals surface area contributed by atoms with Crippen molar-refractivity contribution in [3.8, 4) is 0 Å². The Morgan fingerprint density at radius 3 is 2.74 bits per heavy atom. The summed E-state index contributed by atoms with van der Waals surface area (Å²) in [5.74, 6) is -0.0824. The second-order valence-corrected chi connectivity index (χ2v) is 6.59. The Kier molecular flexibility index (Phi) is 4.37. The number of carbonyl (C=O) groups is 1. The van der Waals surface area contributed by atoms with Gasteiger partial charge < -0.3 is 5.32 Å². The molecule has 2 aromatic rings. The molecular formula is C14H15BrN2OS. The van der Waals surface area contributed by atoms with Crippen molar-refractivity contribution in [1.29, 1.82) is 0 Å². The monoisotopic (exact) mass is 338 g/mol. The van der Waals surface area contributed by atoms with E-state index in [2.05, 4.69) is 26.2 Å². The number of hydrogen-bond acceptors (Lipinski definition) is 3. The molecule has 1 N–H and O–H groups in total. The molecule has 2 rings (SSSR count). The Balaban J connectivity index is 2.10. The van der Waals surface area contributed by atoms with E-state index in [0.717, 1.165) is 19.9 Å². The van der Waals surface area contributed by atoms with Crippen LogP contribution in [0, 0.1) is 13.8 Å². The maximum Gasteiger partial charge on any atom is 0.251 e. The van der Waals surface area contributed by atoms with Crippen LogP contribution in [0.2, 0.25) is 0 Å². The molecule has 1 atom stereocenters. The highest BCUT2D eigenvalue weighted by atomic mass is 79.9. The normalized spacial score (nSPS) is 12.2. The van der Waals surface area contributed by atoms with Crippen molar-refractivity contribution < 1.29 is 4.79 Å². The van der Waals surface area contributed by atoms with E-state index in [1.54, 1.807) is 11.3 Å². The van der Waals surface area contributed by atoms with Gasteiger partial charge in [-0.3, -0.25) is 4.79 Å². The predicted octanol–water partition coefficient (Wildman–Crippen LogP) is 4.01. The lowest BCUT2D eigenvalue weighted by molar-refractivity contribution is 0.0940. The molecule has 0 aliphatic rings. The number of aryl methyl sites for hydroxylation is 2. The van der Waals surface area contributed by atoms with E-state index in [0.29, 0.717) is 5.56 Å². The molecule has 0 spiro atoms. The Morgan fingerprint density at radius 1 is 1.42 bits per heavy atom. The number of benzene rings is 1. The van der Waals surface area contributed by atoms with Crippen molar-refractivity contribution in [3.63, 3.8) is 0 Å². The fourth-order valence-electron chi connectivity index (χ4n) is 1.65. The Labute approximate surface area is 125 Å². The van der Waals surface area contributed by atoms with Crippen molar-refractivity contribution in [2.75, 3.05) is 0 Å². The second kappa shape index (κ2) is 5.84. The van der Waals surface area contributed by atoms with Crippen LogP contribution in [0.15, 0.2) is 28.9 Å². The number of rotatable bonds is 3. The largest absolute Gasteiger partial charge is 0.343 e. The van der Waals surface area contributed by atoms with Gasteiger partial charge in [-0.2, -0.15) is 0 Å². The first-order valence-corrected chi connectivity index (χ1v) is 7.57. The van der Waals surface area contributed by atoms with Crippen LogP contribution in [0.1, 0.15) is 38.8 Å². The third-order valence-corrected chi connectivity index (χ3v) is 4.74. The van der Waals surface area contributed by atoms with Crippen molar-refractivity contribution in [2.45, 2.75) is 26.8 Å². The Hall–Kier alpha value is -1.20. The van der Waals surface area contributed by atoms with Gasteiger partial charge in [0.25, 0.3) is 5.91 Å². The van der Waals surface area contributed by atoms with Crippen LogP contribution < -0.4 is 5.32 Å². The Morgan fingerprint density at radius 2 is 2.16 bits per heavy atom. The average Bonchev–Trinajstić information content (AvgIpc) is 2.79. The van der Waals surface area contributed by atoms with E-state index in [9.17, 15) is 4.79 Å². The molecule has 0 fully saturated rings. The lowest BCUT2D eigenvalue weighted by atomic mass is 10.1. The number of carbonyl (C=O) groups excluding carboxylic acids is 1. The minimum Gasteiger partial charge on any atom is -0.343 e. The summed E-state index contributed by atoms with van der Waals surface area (Å²) in [6.07, 6.45) is 1.82. The number of amides is 1. The summed E-state index contributed by atoms with van der Waals surface area (Å²) in [6.45, 7) is 5.94. The number of nitrogens with one attached hydrogen (secondary N) is 1. The van der Waals surface area contributed by atoms with Crippen LogP contribution in [-0.2, 0) is 0 Å². The van der Waals surface area contributed by atoms with Crippen LogP contribution >= 0.6 is 27.3 Å². The quantitative estimate of drug-likeness (QED) is 0.918.